The molecule has 2 saturated heterocycles. The summed E-state index contributed by atoms with van der Waals surface area (Å²) in [6, 6.07) is 12.3. The molecule has 3 heterocycles. The molecule has 20 heavy (non-hydrogen) atoms. The number of thiophene rings is 1. The van der Waals surface area contributed by atoms with Crippen LogP contribution in [0.1, 0.15) is 30.6 Å². The summed E-state index contributed by atoms with van der Waals surface area (Å²) in [7, 11) is 0. The highest BCUT2D eigenvalue weighted by molar-refractivity contribution is 7.19. The molecule has 0 saturated carbocycles. The van der Waals surface area contributed by atoms with Crippen molar-refractivity contribution in [2.24, 2.45) is 0 Å². The first-order chi connectivity index (χ1) is 9.37. The number of piperidine rings is 1. The number of rotatable bonds is 3. The van der Waals surface area contributed by atoms with E-state index in [1.54, 1.807) is 0 Å². The maximum Gasteiger partial charge on any atom is 0.0813 e. The van der Waals surface area contributed by atoms with Crippen molar-refractivity contribution < 1.29 is 4.74 Å². The maximum absolute atomic E-state index is 6.15. The highest BCUT2D eigenvalue weighted by Gasteiger charge is 2.33. The van der Waals surface area contributed by atoms with Gasteiger partial charge in [-0.2, -0.15) is 0 Å². The number of ether oxygens (including phenoxy) is 1. The second-order valence-electron chi connectivity index (χ2n) is 5.79. The Morgan fingerprint density at radius 1 is 1.15 bits per heavy atom. The van der Waals surface area contributed by atoms with Crippen LogP contribution in [0.25, 0.3) is 10.1 Å². The van der Waals surface area contributed by atoms with E-state index in [-0.39, 0.29) is 12.4 Å². The Labute approximate surface area is 129 Å². The molecule has 0 aliphatic carbocycles. The lowest BCUT2D eigenvalue weighted by atomic mass is 10.0. The molecule has 2 fully saturated rings. The quantitative estimate of drug-likeness (QED) is 0.920. The lowest BCUT2D eigenvalue weighted by molar-refractivity contribution is 0.0105. The van der Waals surface area contributed by atoms with Crippen molar-refractivity contribution in [3.63, 3.8) is 0 Å². The zero-order chi connectivity index (χ0) is 12.7. The van der Waals surface area contributed by atoms with Gasteiger partial charge in [0.05, 0.1) is 12.7 Å². The van der Waals surface area contributed by atoms with Crippen LogP contribution in [-0.4, -0.2) is 18.2 Å². The molecule has 108 valence electrons. The van der Waals surface area contributed by atoms with Gasteiger partial charge in [-0.15, -0.1) is 23.7 Å². The molecule has 0 radical (unpaired) electrons. The van der Waals surface area contributed by atoms with E-state index in [9.17, 15) is 0 Å². The van der Waals surface area contributed by atoms with Gasteiger partial charge in [0.25, 0.3) is 0 Å². The molecule has 0 amide bonds. The van der Waals surface area contributed by atoms with E-state index in [1.807, 2.05) is 11.3 Å². The predicted molar refractivity (Wildman–Crippen MR) is 86.8 cm³/mol. The van der Waals surface area contributed by atoms with Crippen molar-refractivity contribution >= 4 is 33.8 Å². The molecule has 2 aliphatic heterocycles. The van der Waals surface area contributed by atoms with Crippen LogP contribution in [0.4, 0.5) is 0 Å². The molecule has 4 heteroatoms. The number of hydrogen-bond donors (Lipinski definition) is 1. The van der Waals surface area contributed by atoms with Gasteiger partial charge in [0.2, 0.25) is 0 Å². The van der Waals surface area contributed by atoms with Gasteiger partial charge < -0.3 is 10.1 Å². The summed E-state index contributed by atoms with van der Waals surface area (Å²) in [5.74, 6) is 0. The van der Waals surface area contributed by atoms with Crippen LogP contribution in [0.3, 0.4) is 0 Å². The van der Waals surface area contributed by atoms with Crippen LogP contribution in [-0.2, 0) is 11.3 Å². The monoisotopic (exact) mass is 309 g/mol. The fraction of sp³-hybridized carbons (Fsp3) is 0.500. The Balaban J connectivity index is 0.00000121. The summed E-state index contributed by atoms with van der Waals surface area (Å²) in [4.78, 5) is 1.35. The minimum absolute atomic E-state index is 0. The summed E-state index contributed by atoms with van der Waals surface area (Å²) < 4.78 is 7.52. The van der Waals surface area contributed by atoms with Crippen LogP contribution < -0.4 is 5.32 Å². The maximum atomic E-state index is 6.15. The lowest BCUT2D eigenvalue weighted by Gasteiger charge is -2.28. The Morgan fingerprint density at radius 2 is 1.90 bits per heavy atom. The van der Waals surface area contributed by atoms with E-state index in [0.717, 1.165) is 6.61 Å². The van der Waals surface area contributed by atoms with E-state index in [2.05, 4.69) is 35.6 Å². The van der Waals surface area contributed by atoms with Crippen molar-refractivity contribution in [2.45, 2.75) is 50.5 Å². The Kier molecular flexibility index (Phi) is 4.32. The second-order valence-corrected chi connectivity index (χ2v) is 6.96. The fourth-order valence-electron chi connectivity index (χ4n) is 3.45. The van der Waals surface area contributed by atoms with Gasteiger partial charge >= 0.3 is 0 Å². The summed E-state index contributed by atoms with van der Waals surface area (Å²) in [5, 5.41) is 5.01. The normalized spacial score (nSPS) is 28.5. The van der Waals surface area contributed by atoms with Gasteiger partial charge in [-0.25, -0.2) is 0 Å². The molecule has 2 aromatic rings. The zero-order valence-corrected chi connectivity index (χ0v) is 13.0. The van der Waals surface area contributed by atoms with Crippen LogP contribution in [0.5, 0.6) is 0 Å². The van der Waals surface area contributed by atoms with E-state index in [4.69, 9.17) is 4.74 Å². The van der Waals surface area contributed by atoms with Gasteiger partial charge in [-0.1, -0.05) is 18.2 Å². The first kappa shape index (κ1) is 14.3. The smallest absolute Gasteiger partial charge is 0.0813 e. The number of halogens is 1. The average molecular weight is 310 g/mol. The largest absolute Gasteiger partial charge is 0.373 e. The van der Waals surface area contributed by atoms with E-state index >= 15 is 0 Å². The van der Waals surface area contributed by atoms with Crippen LogP contribution in [0.15, 0.2) is 30.3 Å². The highest BCUT2D eigenvalue weighted by Crippen LogP contribution is 2.30. The minimum atomic E-state index is 0. The molecule has 0 spiro atoms. The third kappa shape index (κ3) is 2.86. The number of hydrogen-bond acceptors (Lipinski definition) is 3. The first-order valence-corrected chi connectivity index (χ1v) is 8.03. The summed E-state index contributed by atoms with van der Waals surface area (Å²) >= 11 is 1.86. The minimum Gasteiger partial charge on any atom is -0.373 e. The number of nitrogens with one attached hydrogen (secondary N) is 1. The summed E-state index contributed by atoms with van der Waals surface area (Å²) in [6.07, 6.45) is 5.54. The third-order valence-corrected chi connectivity index (χ3v) is 5.46. The van der Waals surface area contributed by atoms with Gasteiger partial charge in [-0.05, 0) is 43.2 Å². The molecule has 1 aromatic carbocycles. The van der Waals surface area contributed by atoms with E-state index in [1.165, 1.54) is 40.6 Å². The van der Waals surface area contributed by atoms with Gasteiger partial charge in [0.1, 0.15) is 0 Å². The standard InChI is InChI=1S/C16H19NOS.ClH/c1-2-4-16-11(3-1)7-15(19-16)10-18-14-8-12-5-6-13(9-14)17-12;/h1-4,7,12-14,17H,5-6,8-10H2;1H. The zero-order valence-electron chi connectivity index (χ0n) is 11.4. The molecular weight excluding hydrogens is 290 g/mol. The third-order valence-electron chi connectivity index (χ3n) is 4.37. The lowest BCUT2D eigenvalue weighted by Crippen LogP contribution is -2.41. The second kappa shape index (κ2) is 6.02. The number of benzene rings is 1. The Bertz CT molecular complexity index is 540. The molecule has 2 nitrogen and oxygen atoms in total. The van der Waals surface area contributed by atoms with Crippen LogP contribution >= 0.6 is 23.7 Å². The average Bonchev–Trinajstić information content (AvgIpc) is 2.99. The highest BCUT2D eigenvalue weighted by atomic mass is 35.5. The molecule has 4 rings (SSSR count). The van der Waals surface area contributed by atoms with Crippen molar-refractivity contribution in [1.29, 1.82) is 0 Å². The van der Waals surface area contributed by atoms with E-state index in [0.29, 0.717) is 18.2 Å². The van der Waals surface area contributed by atoms with Crippen LogP contribution in [0, 0.1) is 0 Å². The topological polar surface area (TPSA) is 21.3 Å². The van der Waals surface area contributed by atoms with E-state index < -0.39 is 0 Å². The van der Waals surface area contributed by atoms with Crippen molar-refractivity contribution in [1.82, 2.24) is 5.32 Å². The molecule has 2 unspecified atom stereocenters. The Morgan fingerprint density at radius 3 is 2.65 bits per heavy atom. The molecule has 1 aromatic heterocycles. The molecule has 2 aliphatic rings. The first-order valence-electron chi connectivity index (χ1n) is 7.22. The fourth-order valence-corrected chi connectivity index (χ4v) is 4.44. The van der Waals surface area contributed by atoms with Gasteiger partial charge in [-0.3, -0.25) is 0 Å². The summed E-state index contributed by atoms with van der Waals surface area (Å²) in [6.45, 7) is 0.781. The Hall–Kier alpha value is -0.610. The summed E-state index contributed by atoms with van der Waals surface area (Å²) in [5.41, 5.74) is 0. The van der Waals surface area contributed by atoms with Gasteiger partial charge in [0.15, 0.2) is 0 Å². The van der Waals surface area contributed by atoms with Crippen molar-refractivity contribution in [3.05, 3.63) is 35.2 Å². The van der Waals surface area contributed by atoms with Crippen molar-refractivity contribution in [2.75, 3.05) is 0 Å². The van der Waals surface area contributed by atoms with Crippen molar-refractivity contribution in [3.8, 4) is 0 Å². The predicted octanol–water partition coefficient (Wildman–Crippen LogP) is 4.12. The molecular formula is C16H20ClNOS. The SMILES string of the molecule is Cl.c1ccc2sc(COC3CC4CCC(C3)N4)cc2c1. The molecule has 2 bridgehead atoms. The van der Waals surface area contributed by atoms with Gasteiger partial charge in [0, 0.05) is 21.7 Å². The molecule has 1 N–H and O–H groups in total. The molecule has 2 atom stereocenters. The van der Waals surface area contributed by atoms with Crippen LogP contribution in [0.2, 0.25) is 0 Å². The number of fused-ring (bicyclic) bond motifs is 3.